The van der Waals surface area contributed by atoms with Gasteiger partial charge in [0.05, 0.1) is 39.9 Å². The van der Waals surface area contributed by atoms with Gasteiger partial charge in [-0.05, 0) is 57.8 Å². The van der Waals surface area contributed by atoms with E-state index in [4.69, 9.17) is 9.05 Å². The lowest BCUT2D eigenvalue weighted by molar-refractivity contribution is -0.870. The van der Waals surface area contributed by atoms with Gasteiger partial charge in [-0.25, -0.2) is 4.57 Å². The summed E-state index contributed by atoms with van der Waals surface area (Å²) in [6.45, 7) is 4.74. The van der Waals surface area contributed by atoms with Crippen molar-refractivity contribution in [1.82, 2.24) is 5.32 Å². The predicted molar refractivity (Wildman–Crippen MR) is 337 cm³/mol. The zero-order chi connectivity index (χ0) is 56.3. The number of quaternary nitrogens is 1. The zero-order valence-corrected chi connectivity index (χ0v) is 52.6. The van der Waals surface area contributed by atoms with Gasteiger partial charge >= 0.3 is 7.82 Å². The Kier molecular flexibility index (Phi) is 57.5. The molecule has 0 fully saturated rings. The molecular weight excluding hydrogens is 972 g/mol. The van der Waals surface area contributed by atoms with Crippen molar-refractivity contribution < 1.29 is 32.9 Å². The van der Waals surface area contributed by atoms with Gasteiger partial charge in [-0.2, -0.15) is 0 Å². The van der Waals surface area contributed by atoms with Crippen LogP contribution in [0.3, 0.4) is 0 Å². The lowest BCUT2D eigenvalue weighted by Crippen LogP contribution is -2.45. The van der Waals surface area contributed by atoms with E-state index in [0.717, 1.165) is 64.2 Å². The molecular formula is C68H130N2O6P+. The molecule has 0 radical (unpaired) electrons. The van der Waals surface area contributed by atoms with Gasteiger partial charge in [0.2, 0.25) is 5.91 Å². The van der Waals surface area contributed by atoms with E-state index in [1.807, 2.05) is 27.2 Å². The maximum atomic E-state index is 13.0. The van der Waals surface area contributed by atoms with Crippen LogP contribution in [0.5, 0.6) is 0 Å². The minimum Gasteiger partial charge on any atom is -0.387 e. The van der Waals surface area contributed by atoms with E-state index in [0.29, 0.717) is 17.4 Å². The predicted octanol–water partition coefficient (Wildman–Crippen LogP) is 20.8. The smallest absolute Gasteiger partial charge is 0.387 e. The summed E-state index contributed by atoms with van der Waals surface area (Å²) in [5.74, 6) is -0.180. The number of nitrogens with zero attached hydrogens (tertiary/aromatic N) is 1. The lowest BCUT2D eigenvalue weighted by Gasteiger charge is -2.25. The summed E-state index contributed by atoms with van der Waals surface area (Å²) in [7, 11) is 1.57. The molecule has 0 aromatic carbocycles. The number of amides is 1. The second-order valence-electron chi connectivity index (χ2n) is 23.8. The number of likely N-dealkylation sites (N-methyl/N-ethyl adjacent to an activating group) is 1. The highest BCUT2D eigenvalue weighted by atomic mass is 31.2. The molecule has 0 saturated heterocycles. The maximum Gasteiger partial charge on any atom is 0.472 e. The molecule has 0 bridgehead atoms. The van der Waals surface area contributed by atoms with Crippen molar-refractivity contribution in [3.05, 3.63) is 60.8 Å². The molecule has 0 heterocycles. The van der Waals surface area contributed by atoms with Crippen LogP contribution in [0.2, 0.25) is 0 Å². The third kappa shape index (κ3) is 61.7. The molecule has 0 aliphatic rings. The van der Waals surface area contributed by atoms with Crippen molar-refractivity contribution in [3.63, 3.8) is 0 Å². The number of carbonyl (C=O) groups excluding carboxylic acids is 1. The zero-order valence-electron chi connectivity index (χ0n) is 51.7. The molecule has 8 nitrogen and oxygen atoms in total. The molecule has 3 N–H and O–H groups in total. The summed E-state index contributed by atoms with van der Waals surface area (Å²) in [5, 5.41) is 14.0. The molecule has 0 saturated carbocycles. The topological polar surface area (TPSA) is 105 Å². The molecule has 0 rings (SSSR count). The largest absolute Gasteiger partial charge is 0.472 e. The van der Waals surface area contributed by atoms with Crippen molar-refractivity contribution >= 4 is 13.7 Å². The van der Waals surface area contributed by atoms with Gasteiger partial charge in [0, 0.05) is 6.42 Å². The van der Waals surface area contributed by atoms with Gasteiger partial charge in [0.1, 0.15) is 13.2 Å². The number of allylic oxidation sites excluding steroid dienone is 9. The minimum atomic E-state index is -4.36. The molecule has 452 valence electrons. The van der Waals surface area contributed by atoms with Gasteiger partial charge < -0.3 is 19.8 Å². The van der Waals surface area contributed by atoms with Crippen molar-refractivity contribution in [2.75, 3.05) is 40.9 Å². The van der Waals surface area contributed by atoms with Crippen LogP contribution in [-0.2, 0) is 18.4 Å². The summed E-state index contributed by atoms with van der Waals surface area (Å²) in [6.07, 6.45) is 80.7. The molecule has 0 aromatic heterocycles. The Morgan fingerprint density at radius 2 is 0.779 bits per heavy atom. The number of unbranched alkanes of at least 4 members (excludes halogenated alkanes) is 40. The first-order valence-corrected chi connectivity index (χ1v) is 34.7. The van der Waals surface area contributed by atoms with Gasteiger partial charge in [0.15, 0.2) is 0 Å². The average molecular weight is 1100 g/mol. The van der Waals surface area contributed by atoms with Crippen LogP contribution in [-0.4, -0.2) is 73.4 Å². The third-order valence-corrected chi connectivity index (χ3v) is 16.0. The van der Waals surface area contributed by atoms with Gasteiger partial charge in [-0.15, -0.1) is 0 Å². The molecule has 77 heavy (non-hydrogen) atoms. The number of hydrogen-bond donors (Lipinski definition) is 3. The van der Waals surface area contributed by atoms with E-state index >= 15 is 0 Å². The first-order valence-electron chi connectivity index (χ1n) is 33.2. The summed E-state index contributed by atoms with van der Waals surface area (Å²) >= 11 is 0. The number of phosphoric acid groups is 1. The lowest BCUT2D eigenvalue weighted by atomic mass is 10.0. The standard InChI is InChI=1S/C68H129N2O6P/c1-6-8-10-12-14-16-18-20-22-24-26-28-30-31-32-33-34-35-36-37-38-40-41-43-45-47-49-51-53-55-57-59-61-67(71)66(65-76-77(73,74)75-64-63-70(3,4)5)69-68(72)62-60-58-56-54-52-50-48-46-44-42-39-29-27-25-23-21-19-17-15-13-11-9-7-2/h9,11,15,17,21,23,27,29,59,61,66-67,71H,6-8,10,12-14,16,18-20,22,24-26,28,30-58,60,62-65H2,1-5H3,(H-,69,72,73,74)/p+1/b11-9-,17-15-,23-21-,29-27-,61-59+. The highest BCUT2D eigenvalue weighted by molar-refractivity contribution is 7.47. The van der Waals surface area contributed by atoms with Gasteiger partial charge in [-0.1, -0.05) is 312 Å². The molecule has 0 aromatic rings. The van der Waals surface area contributed by atoms with Crippen molar-refractivity contribution in [1.29, 1.82) is 0 Å². The number of aliphatic hydroxyl groups is 1. The molecule has 3 atom stereocenters. The fourth-order valence-electron chi connectivity index (χ4n) is 9.86. The molecule has 9 heteroatoms. The molecule has 3 unspecified atom stereocenters. The molecule has 0 aliphatic carbocycles. The Hall–Kier alpha value is -1.80. The third-order valence-electron chi connectivity index (χ3n) is 15.0. The molecule has 0 spiro atoms. The van der Waals surface area contributed by atoms with E-state index in [-0.39, 0.29) is 19.1 Å². The Balaban J connectivity index is 4.09. The number of rotatable bonds is 61. The number of phosphoric ester groups is 1. The SMILES string of the molecule is CC/C=C\C/C=C\C/C=C\C/C=C\CCCCCCCCCCCCC(=O)NC(COP(=O)(O)OCC[N+](C)(C)C)C(O)/C=C/CCCCCCCCCCCCCCCCCCCCCCCCCCCCCCCC. The molecule has 0 aliphatic heterocycles. The van der Waals surface area contributed by atoms with Crippen LogP contribution in [0, 0.1) is 0 Å². The van der Waals surface area contributed by atoms with Crippen LogP contribution in [0.4, 0.5) is 0 Å². The van der Waals surface area contributed by atoms with Gasteiger partial charge in [-0.3, -0.25) is 13.8 Å². The molecule has 1 amide bonds. The van der Waals surface area contributed by atoms with Crippen molar-refractivity contribution in [3.8, 4) is 0 Å². The maximum absolute atomic E-state index is 13.0. The van der Waals surface area contributed by atoms with Gasteiger partial charge in [0.25, 0.3) is 0 Å². The van der Waals surface area contributed by atoms with E-state index in [9.17, 15) is 19.4 Å². The monoisotopic (exact) mass is 1100 g/mol. The fourth-order valence-corrected chi connectivity index (χ4v) is 10.6. The number of hydrogen-bond acceptors (Lipinski definition) is 5. The van der Waals surface area contributed by atoms with Crippen LogP contribution in [0.15, 0.2) is 60.8 Å². The fraction of sp³-hybridized carbons (Fsp3) is 0.838. The quantitative estimate of drug-likeness (QED) is 0.0243. The van der Waals surface area contributed by atoms with Crippen LogP contribution < -0.4 is 5.32 Å². The van der Waals surface area contributed by atoms with Crippen LogP contribution in [0.25, 0.3) is 0 Å². The average Bonchev–Trinajstić information content (AvgIpc) is 3.39. The first-order chi connectivity index (χ1) is 37.5. The Morgan fingerprint density at radius 3 is 1.14 bits per heavy atom. The summed E-state index contributed by atoms with van der Waals surface area (Å²) in [4.78, 5) is 23.4. The Morgan fingerprint density at radius 1 is 0.455 bits per heavy atom. The van der Waals surface area contributed by atoms with Crippen LogP contribution in [0.1, 0.15) is 316 Å². The summed E-state index contributed by atoms with van der Waals surface area (Å²) in [5.41, 5.74) is 0. The van der Waals surface area contributed by atoms with Crippen molar-refractivity contribution in [2.24, 2.45) is 0 Å². The van der Waals surface area contributed by atoms with E-state index < -0.39 is 20.0 Å². The van der Waals surface area contributed by atoms with E-state index in [1.54, 1.807) is 6.08 Å². The first kappa shape index (κ1) is 75.2. The number of carbonyl (C=O) groups is 1. The normalized spacial score (nSPS) is 14.1. The minimum absolute atomic E-state index is 0.0592. The van der Waals surface area contributed by atoms with E-state index in [2.05, 4.69) is 67.8 Å². The number of aliphatic hydroxyl groups excluding tert-OH is 1. The Bertz CT molecular complexity index is 1440. The second-order valence-corrected chi connectivity index (χ2v) is 25.3. The van der Waals surface area contributed by atoms with Crippen LogP contribution >= 0.6 is 7.82 Å². The highest BCUT2D eigenvalue weighted by Gasteiger charge is 2.28. The Labute approximate surface area is 479 Å². The summed E-state index contributed by atoms with van der Waals surface area (Å²) in [6, 6.07) is -0.853. The van der Waals surface area contributed by atoms with Crippen molar-refractivity contribution in [2.45, 2.75) is 328 Å². The second kappa shape index (κ2) is 58.8. The number of nitrogens with one attached hydrogen (secondary N) is 1. The van der Waals surface area contributed by atoms with E-state index in [1.165, 1.54) is 231 Å². The summed E-state index contributed by atoms with van der Waals surface area (Å²) < 4.78 is 23.8. The highest BCUT2D eigenvalue weighted by Crippen LogP contribution is 2.43.